The van der Waals surface area contributed by atoms with Crippen LogP contribution >= 0.6 is 11.8 Å². The number of nitrogens with one attached hydrogen (secondary N) is 1. The summed E-state index contributed by atoms with van der Waals surface area (Å²) < 4.78 is 37.1. The molecule has 0 radical (unpaired) electrons. The van der Waals surface area contributed by atoms with E-state index >= 15 is 0 Å². The maximum atomic E-state index is 12.3. The molecular formula is C19H22N2O7S2. The Labute approximate surface area is 179 Å². The van der Waals surface area contributed by atoms with Crippen molar-refractivity contribution >= 4 is 33.4 Å². The lowest BCUT2D eigenvalue weighted by molar-refractivity contribution is -0.387. The van der Waals surface area contributed by atoms with Crippen molar-refractivity contribution < 1.29 is 27.6 Å². The van der Waals surface area contributed by atoms with E-state index in [-0.39, 0.29) is 23.8 Å². The Morgan fingerprint density at radius 2 is 1.97 bits per heavy atom. The van der Waals surface area contributed by atoms with Crippen molar-refractivity contribution in [2.45, 2.75) is 23.1 Å². The molecule has 0 saturated carbocycles. The average Bonchev–Trinajstić information content (AvgIpc) is 2.75. The first-order chi connectivity index (χ1) is 14.3. The molecule has 30 heavy (non-hydrogen) atoms. The third kappa shape index (κ3) is 6.71. The van der Waals surface area contributed by atoms with E-state index in [1.807, 2.05) is 25.1 Å². The van der Waals surface area contributed by atoms with E-state index in [2.05, 4.69) is 4.72 Å². The topological polar surface area (TPSA) is 125 Å². The molecule has 0 unspecified atom stereocenters. The fraction of sp³-hybridized carbons (Fsp3) is 0.316. The van der Waals surface area contributed by atoms with E-state index < -0.39 is 27.5 Å². The molecule has 2 aromatic rings. The van der Waals surface area contributed by atoms with E-state index in [4.69, 9.17) is 9.47 Å². The highest BCUT2D eigenvalue weighted by Gasteiger charge is 2.22. The summed E-state index contributed by atoms with van der Waals surface area (Å²) in [6.07, 6.45) is 2.52. The number of nitrogens with zero attached hydrogens (tertiary/aromatic N) is 1. The van der Waals surface area contributed by atoms with Crippen LogP contribution in [0.2, 0.25) is 0 Å². The molecule has 0 fully saturated rings. The third-order valence-corrected chi connectivity index (χ3v) is 6.17. The Morgan fingerprint density at radius 3 is 2.63 bits per heavy atom. The Morgan fingerprint density at radius 1 is 1.20 bits per heavy atom. The van der Waals surface area contributed by atoms with Crippen LogP contribution in [-0.2, 0) is 26.0 Å². The number of thioether (sulfide) groups is 1. The zero-order valence-electron chi connectivity index (χ0n) is 16.5. The molecule has 1 N–H and O–H groups in total. The Balaban J connectivity index is 1.84. The molecule has 11 heteroatoms. The molecule has 0 bridgehead atoms. The maximum Gasteiger partial charge on any atom is 0.321 e. The number of sulfonamides is 1. The van der Waals surface area contributed by atoms with Crippen LogP contribution in [0, 0.1) is 10.1 Å². The van der Waals surface area contributed by atoms with Gasteiger partial charge in [0.15, 0.2) is 0 Å². The van der Waals surface area contributed by atoms with Crippen molar-refractivity contribution in [1.82, 2.24) is 4.72 Å². The minimum atomic E-state index is -4.11. The van der Waals surface area contributed by atoms with Crippen molar-refractivity contribution in [2.75, 3.05) is 26.0 Å². The van der Waals surface area contributed by atoms with Crippen LogP contribution < -0.4 is 9.46 Å². The van der Waals surface area contributed by atoms with E-state index in [1.165, 1.54) is 12.1 Å². The fourth-order valence-corrected chi connectivity index (χ4v) is 3.97. The fourth-order valence-electron chi connectivity index (χ4n) is 2.44. The van der Waals surface area contributed by atoms with Gasteiger partial charge in [0.25, 0.3) is 5.69 Å². The minimum absolute atomic E-state index is 0.0508. The van der Waals surface area contributed by atoms with Crippen LogP contribution in [0.1, 0.15) is 12.5 Å². The molecule has 0 atom stereocenters. The number of carbonyl (C=O) groups is 1. The average molecular weight is 455 g/mol. The Bertz CT molecular complexity index is 1010. The number of nitro groups is 1. The van der Waals surface area contributed by atoms with Crippen molar-refractivity contribution in [1.29, 1.82) is 0 Å². The molecule has 0 amide bonds. The van der Waals surface area contributed by atoms with Crippen LogP contribution in [-0.4, -0.2) is 45.3 Å². The number of rotatable bonds is 11. The number of ether oxygens (including phenoxy) is 2. The Kier molecular flexibility index (Phi) is 8.63. The van der Waals surface area contributed by atoms with Crippen LogP contribution in [0.5, 0.6) is 5.75 Å². The number of hydrogen-bond donors (Lipinski definition) is 1. The van der Waals surface area contributed by atoms with Crippen molar-refractivity contribution in [3.63, 3.8) is 0 Å². The molecular weight excluding hydrogens is 432 g/mol. The van der Waals surface area contributed by atoms with Crippen LogP contribution in [0.4, 0.5) is 5.69 Å². The first-order valence-electron chi connectivity index (χ1n) is 8.96. The molecule has 0 aliphatic rings. The molecule has 2 aromatic carbocycles. The number of carbonyl (C=O) groups excluding carboxylic acids is 1. The Hall–Kier alpha value is -2.63. The standard InChI is InChI=1S/C19H22N2O7S2/c1-3-14-5-4-6-15(11-14)27-9-10-28-19(22)13-20-30(25,26)16-7-8-18(29-2)17(12-16)21(23)24/h4-8,11-12,20H,3,9-10,13H2,1-2H3. The zero-order chi connectivity index (χ0) is 22.1. The van der Waals surface area contributed by atoms with Gasteiger partial charge < -0.3 is 9.47 Å². The van der Waals surface area contributed by atoms with E-state index in [9.17, 15) is 23.3 Å². The molecule has 9 nitrogen and oxygen atoms in total. The summed E-state index contributed by atoms with van der Waals surface area (Å²) in [6.45, 7) is 1.49. The third-order valence-electron chi connectivity index (χ3n) is 3.99. The van der Waals surface area contributed by atoms with Gasteiger partial charge >= 0.3 is 5.97 Å². The van der Waals surface area contributed by atoms with Crippen LogP contribution in [0.15, 0.2) is 52.3 Å². The maximum absolute atomic E-state index is 12.3. The van der Waals surface area contributed by atoms with Gasteiger partial charge in [-0.25, -0.2) is 8.42 Å². The summed E-state index contributed by atoms with van der Waals surface area (Å²) >= 11 is 1.13. The quantitative estimate of drug-likeness (QED) is 0.181. The van der Waals surface area contributed by atoms with Crippen molar-refractivity contribution in [3.05, 3.63) is 58.1 Å². The first kappa shape index (κ1) is 23.6. The molecule has 162 valence electrons. The largest absolute Gasteiger partial charge is 0.490 e. The summed E-state index contributed by atoms with van der Waals surface area (Å²) in [5, 5.41) is 11.1. The van der Waals surface area contributed by atoms with Crippen molar-refractivity contribution in [2.24, 2.45) is 0 Å². The number of benzene rings is 2. The van der Waals surface area contributed by atoms with Gasteiger partial charge in [0, 0.05) is 6.07 Å². The first-order valence-corrected chi connectivity index (χ1v) is 11.7. The van der Waals surface area contributed by atoms with Gasteiger partial charge in [-0.1, -0.05) is 19.1 Å². The van der Waals surface area contributed by atoms with Gasteiger partial charge in [-0.2, -0.15) is 4.72 Å². The van der Waals surface area contributed by atoms with E-state index in [0.717, 1.165) is 29.8 Å². The van der Waals surface area contributed by atoms with Gasteiger partial charge in [-0.15, -0.1) is 11.8 Å². The van der Waals surface area contributed by atoms with Crippen LogP contribution in [0.25, 0.3) is 0 Å². The number of hydrogen-bond acceptors (Lipinski definition) is 8. The van der Waals surface area contributed by atoms with Crippen molar-refractivity contribution in [3.8, 4) is 5.75 Å². The monoisotopic (exact) mass is 454 g/mol. The summed E-state index contributed by atoms with van der Waals surface area (Å²) in [6, 6.07) is 11.1. The number of esters is 1. The van der Waals surface area contributed by atoms with Crippen LogP contribution in [0.3, 0.4) is 0 Å². The summed E-state index contributed by atoms with van der Waals surface area (Å²) in [7, 11) is -4.11. The van der Waals surface area contributed by atoms with Gasteiger partial charge in [0.2, 0.25) is 10.0 Å². The molecule has 0 saturated heterocycles. The highest BCUT2D eigenvalue weighted by molar-refractivity contribution is 7.98. The van der Waals surface area contributed by atoms with E-state index in [1.54, 1.807) is 12.3 Å². The normalized spacial score (nSPS) is 11.1. The molecule has 0 aliphatic carbocycles. The smallest absolute Gasteiger partial charge is 0.321 e. The molecule has 0 aromatic heterocycles. The number of nitro benzene ring substituents is 1. The molecule has 0 aliphatic heterocycles. The van der Waals surface area contributed by atoms with Gasteiger partial charge in [0.05, 0.1) is 14.7 Å². The van der Waals surface area contributed by atoms with Gasteiger partial charge in [-0.3, -0.25) is 14.9 Å². The van der Waals surface area contributed by atoms with E-state index in [0.29, 0.717) is 10.6 Å². The van der Waals surface area contributed by atoms with Gasteiger partial charge in [0.1, 0.15) is 25.5 Å². The predicted molar refractivity (Wildman–Crippen MR) is 112 cm³/mol. The lowest BCUT2D eigenvalue weighted by atomic mass is 10.2. The zero-order valence-corrected chi connectivity index (χ0v) is 18.1. The lowest BCUT2D eigenvalue weighted by Gasteiger charge is -2.10. The second-order valence-corrected chi connectivity index (χ2v) is 8.60. The van der Waals surface area contributed by atoms with Gasteiger partial charge in [-0.05, 0) is 42.5 Å². The second-order valence-electron chi connectivity index (χ2n) is 5.99. The second kappa shape index (κ2) is 11.0. The molecule has 2 rings (SSSR count). The highest BCUT2D eigenvalue weighted by atomic mass is 32.2. The highest BCUT2D eigenvalue weighted by Crippen LogP contribution is 2.29. The summed E-state index contributed by atoms with van der Waals surface area (Å²) in [4.78, 5) is 22.3. The SMILES string of the molecule is CCc1cccc(OCCOC(=O)CNS(=O)(=O)c2ccc(SC)c([N+](=O)[O-])c2)c1. The lowest BCUT2D eigenvalue weighted by Crippen LogP contribution is -2.31. The minimum Gasteiger partial charge on any atom is -0.490 e. The molecule has 0 spiro atoms. The summed E-state index contributed by atoms with van der Waals surface area (Å²) in [5.74, 6) is -0.138. The predicted octanol–water partition coefficient (Wildman–Crippen LogP) is 2.78. The molecule has 0 heterocycles. The summed E-state index contributed by atoms with van der Waals surface area (Å²) in [5.41, 5.74) is 0.793. The number of aryl methyl sites for hydroxylation is 1.